The molecule has 2 heterocycles. The zero-order valence-corrected chi connectivity index (χ0v) is 16.1. The number of benzene rings is 1. The Morgan fingerprint density at radius 1 is 1.25 bits per heavy atom. The monoisotopic (exact) mass is 411 g/mol. The molecule has 0 aliphatic heterocycles. The third-order valence-corrected chi connectivity index (χ3v) is 4.69. The van der Waals surface area contributed by atoms with Gasteiger partial charge in [0.15, 0.2) is 5.65 Å². The van der Waals surface area contributed by atoms with Gasteiger partial charge in [0.1, 0.15) is 11.2 Å². The Labute approximate surface area is 163 Å². The van der Waals surface area contributed by atoms with Crippen LogP contribution in [0.3, 0.4) is 0 Å². The van der Waals surface area contributed by atoms with E-state index in [1.54, 1.807) is 13.0 Å². The second-order valence-electron chi connectivity index (χ2n) is 6.40. The van der Waals surface area contributed by atoms with Gasteiger partial charge in [-0.3, -0.25) is 9.36 Å². The Balaban J connectivity index is 2.28. The lowest BCUT2D eigenvalue weighted by molar-refractivity contribution is -0.137. The van der Waals surface area contributed by atoms with Crippen molar-refractivity contribution in [2.75, 3.05) is 13.7 Å². The maximum absolute atomic E-state index is 12.9. The number of nitrogens with zero attached hydrogens (tertiary/aromatic N) is 3. The average Bonchev–Trinajstić information content (AvgIpc) is 2.62. The molecule has 0 fully saturated rings. The third-order valence-electron chi connectivity index (χ3n) is 4.38. The molecule has 0 saturated carbocycles. The molecule has 0 N–H and O–H groups in total. The van der Waals surface area contributed by atoms with E-state index in [0.29, 0.717) is 22.3 Å². The summed E-state index contributed by atoms with van der Waals surface area (Å²) in [7, 11) is 1.53. The summed E-state index contributed by atoms with van der Waals surface area (Å²) in [6.07, 6.45) is -3.02. The van der Waals surface area contributed by atoms with Crippen LogP contribution in [0.4, 0.5) is 13.2 Å². The molecule has 3 rings (SSSR count). The van der Waals surface area contributed by atoms with Crippen molar-refractivity contribution >= 4 is 22.8 Å². The Kier molecular flexibility index (Phi) is 5.45. The number of methoxy groups -OCH3 is 1. The van der Waals surface area contributed by atoms with Crippen LogP contribution in [0.5, 0.6) is 0 Å². The number of rotatable bonds is 4. The summed E-state index contributed by atoms with van der Waals surface area (Å²) in [5, 5.41) is -0.0653. The minimum atomic E-state index is -4.49. The van der Waals surface area contributed by atoms with Crippen LogP contribution in [0.25, 0.3) is 22.3 Å². The fourth-order valence-corrected chi connectivity index (χ4v) is 3.35. The van der Waals surface area contributed by atoms with E-state index in [1.165, 1.54) is 23.9 Å². The van der Waals surface area contributed by atoms with E-state index in [9.17, 15) is 18.0 Å². The van der Waals surface area contributed by atoms with Crippen molar-refractivity contribution in [1.29, 1.82) is 0 Å². The van der Waals surface area contributed by atoms with Crippen molar-refractivity contribution in [3.8, 4) is 11.1 Å². The molecule has 0 radical (unpaired) electrons. The molecule has 28 heavy (non-hydrogen) atoms. The largest absolute Gasteiger partial charge is 0.416 e. The molecular weight excluding hydrogens is 395 g/mol. The molecule has 2 aromatic heterocycles. The lowest BCUT2D eigenvalue weighted by Crippen LogP contribution is -2.29. The van der Waals surface area contributed by atoms with Crippen molar-refractivity contribution in [3.05, 3.63) is 57.1 Å². The second-order valence-corrected chi connectivity index (χ2v) is 6.81. The predicted molar refractivity (Wildman–Crippen MR) is 101 cm³/mol. The molecule has 1 atom stereocenters. The zero-order chi connectivity index (χ0) is 20.6. The molecule has 148 valence electrons. The number of pyridine rings is 1. The summed E-state index contributed by atoms with van der Waals surface area (Å²) in [4.78, 5) is 21.3. The summed E-state index contributed by atoms with van der Waals surface area (Å²) < 4.78 is 45.4. The molecule has 9 heteroatoms. The SMILES string of the molecule is COCC(C)n1c(=O)c(C)nc2c(-c3ccc(C(F)(F)F)cc3Cl)ccnc21. The fraction of sp³-hybridized carbons (Fsp3) is 0.316. The highest BCUT2D eigenvalue weighted by Crippen LogP contribution is 2.37. The number of halogens is 4. The fourth-order valence-electron chi connectivity index (χ4n) is 3.07. The van der Waals surface area contributed by atoms with Gasteiger partial charge in [0.05, 0.1) is 18.2 Å². The van der Waals surface area contributed by atoms with Crippen molar-refractivity contribution in [2.24, 2.45) is 0 Å². The molecule has 3 aromatic rings. The number of hydrogen-bond acceptors (Lipinski definition) is 4. The molecule has 5 nitrogen and oxygen atoms in total. The number of aromatic nitrogens is 3. The van der Waals surface area contributed by atoms with E-state index < -0.39 is 11.7 Å². The number of hydrogen-bond donors (Lipinski definition) is 0. The highest BCUT2D eigenvalue weighted by atomic mass is 35.5. The Bertz CT molecular complexity index is 1100. The van der Waals surface area contributed by atoms with Crippen LogP contribution < -0.4 is 5.56 Å². The number of aryl methyl sites for hydroxylation is 1. The van der Waals surface area contributed by atoms with Gasteiger partial charge in [-0.15, -0.1) is 0 Å². The van der Waals surface area contributed by atoms with Crippen LogP contribution >= 0.6 is 11.6 Å². The van der Waals surface area contributed by atoms with Crippen molar-refractivity contribution in [3.63, 3.8) is 0 Å². The molecule has 0 spiro atoms. The van der Waals surface area contributed by atoms with Crippen LogP contribution in [-0.2, 0) is 10.9 Å². The van der Waals surface area contributed by atoms with Crippen molar-refractivity contribution in [1.82, 2.24) is 14.5 Å². The summed E-state index contributed by atoms with van der Waals surface area (Å²) in [6, 6.07) is 4.43. The van der Waals surface area contributed by atoms with E-state index in [4.69, 9.17) is 16.3 Å². The summed E-state index contributed by atoms with van der Waals surface area (Å²) in [5.74, 6) is 0. The van der Waals surface area contributed by atoms with Gasteiger partial charge in [-0.2, -0.15) is 13.2 Å². The van der Waals surface area contributed by atoms with Crippen LogP contribution in [-0.4, -0.2) is 28.3 Å². The maximum atomic E-state index is 12.9. The van der Waals surface area contributed by atoms with Gasteiger partial charge in [0.25, 0.3) is 5.56 Å². The van der Waals surface area contributed by atoms with E-state index in [-0.39, 0.29) is 28.9 Å². The van der Waals surface area contributed by atoms with Gasteiger partial charge in [0, 0.05) is 29.5 Å². The molecular formula is C19H17ClF3N3O2. The molecule has 0 bridgehead atoms. The first-order valence-electron chi connectivity index (χ1n) is 8.39. The minimum Gasteiger partial charge on any atom is -0.383 e. The maximum Gasteiger partial charge on any atom is 0.416 e. The zero-order valence-electron chi connectivity index (χ0n) is 15.3. The van der Waals surface area contributed by atoms with Crippen LogP contribution in [0.15, 0.2) is 35.3 Å². The Morgan fingerprint density at radius 2 is 1.96 bits per heavy atom. The first-order valence-corrected chi connectivity index (χ1v) is 8.77. The lowest BCUT2D eigenvalue weighted by Gasteiger charge is -2.18. The molecule has 0 amide bonds. The highest BCUT2D eigenvalue weighted by molar-refractivity contribution is 6.33. The Hall–Kier alpha value is -2.45. The molecule has 0 aliphatic rings. The van der Waals surface area contributed by atoms with Crippen LogP contribution in [0, 0.1) is 6.92 Å². The molecule has 1 unspecified atom stereocenters. The van der Waals surface area contributed by atoms with E-state index in [1.807, 2.05) is 6.92 Å². The molecule has 0 aliphatic carbocycles. The van der Waals surface area contributed by atoms with Crippen LogP contribution in [0.1, 0.15) is 24.2 Å². The van der Waals surface area contributed by atoms with Gasteiger partial charge in [0.2, 0.25) is 0 Å². The summed E-state index contributed by atoms with van der Waals surface area (Å²) >= 11 is 6.16. The van der Waals surface area contributed by atoms with Gasteiger partial charge in [-0.1, -0.05) is 17.7 Å². The Morgan fingerprint density at radius 3 is 2.57 bits per heavy atom. The van der Waals surface area contributed by atoms with Gasteiger partial charge >= 0.3 is 6.18 Å². The van der Waals surface area contributed by atoms with Gasteiger partial charge in [-0.25, -0.2) is 9.97 Å². The quantitative estimate of drug-likeness (QED) is 0.627. The second kappa shape index (κ2) is 7.52. The molecule has 1 aromatic carbocycles. The first-order chi connectivity index (χ1) is 13.1. The van der Waals surface area contributed by atoms with Crippen molar-refractivity contribution in [2.45, 2.75) is 26.1 Å². The average molecular weight is 412 g/mol. The number of alkyl halides is 3. The van der Waals surface area contributed by atoms with Crippen LogP contribution in [0.2, 0.25) is 5.02 Å². The lowest BCUT2D eigenvalue weighted by atomic mass is 10.0. The summed E-state index contributed by atoms with van der Waals surface area (Å²) in [5.41, 5.74) is 0.656. The van der Waals surface area contributed by atoms with Crippen molar-refractivity contribution < 1.29 is 17.9 Å². The first kappa shape index (κ1) is 20.3. The molecule has 0 saturated heterocycles. The van der Waals surface area contributed by atoms with E-state index >= 15 is 0 Å². The highest BCUT2D eigenvalue weighted by Gasteiger charge is 2.31. The smallest absolute Gasteiger partial charge is 0.383 e. The number of fused-ring (bicyclic) bond motifs is 1. The van der Waals surface area contributed by atoms with E-state index in [0.717, 1.165) is 12.1 Å². The van der Waals surface area contributed by atoms with Gasteiger partial charge in [-0.05, 0) is 32.0 Å². The number of ether oxygens (including phenoxy) is 1. The predicted octanol–water partition coefficient (Wildman–Crippen LogP) is 4.65. The minimum absolute atomic E-state index is 0.0653. The normalized spacial score (nSPS) is 13.1. The summed E-state index contributed by atoms with van der Waals surface area (Å²) in [6.45, 7) is 3.66. The third kappa shape index (κ3) is 3.62. The van der Waals surface area contributed by atoms with E-state index in [2.05, 4.69) is 9.97 Å². The van der Waals surface area contributed by atoms with Gasteiger partial charge < -0.3 is 4.74 Å². The standard InChI is InChI=1S/C19H17ClF3N3O2/c1-10(9-28-3)26-17-16(25-11(2)18(26)27)14(6-7-24-17)13-5-4-12(8-15(13)20)19(21,22)23/h4-8,10H,9H2,1-3H3. The topological polar surface area (TPSA) is 57.0 Å².